The molecule has 3 saturated heterocycles. The second-order valence-electron chi connectivity index (χ2n) is 22.3. The van der Waals surface area contributed by atoms with E-state index < -0.39 is 120 Å². The zero-order valence-electron chi connectivity index (χ0n) is 45.7. The third kappa shape index (κ3) is 13.8. The van der Waals surface area contributed by atoms with Crippen LogP contribution in [0.5, 0.6) is 0 Å². The maximum absolute atomic E-state index is 14.8. The average molecular weight is 1040 g/mol. The number of ether oxygens (including phenoxy) is 6. The van der Waals surface area contributed by atoms with Crippen LogP contribution in [0.3, 0.4) is 0 Å². The zero-order chi connectivity index (χ0) is 53.6. The quantitative estimate of drug-likeness (QED) is 0.138. The number of cyclic esters (lactones) is 1. The summed E-state index contributed by atoms with van der Waals surface area (Å²) < 4.78 is 54.3. The number of hydrogen-bond donors (Lipinski definition) is 5. The number of likely N-dealkylation sites (N-methyl/N-ethyl adjacent to an activating group) is 2. The molecule has 5 rings (SSSR count). The number of methoxy groups -OCH3 is 2. The number of esters is 1. The van der Waals surface area contributed by atoms with Gasteiger partial charge in [-0.05, 0) is 104 Å². The van der Waals surface area contributed by atoms with Crippen molar-refractivity contribution in [2.75, 3.05) is 54.3 Å². The highest BCUT2D eigenvalue weighted by molar-refractivity contribution is 7.97. The lowest BCUT2D eigenvalue weighted by Gasteiger charge is -2.51. The molecule has 3 aliphatic rings. The van der Waals surface area contributed by atoms with Crippen LogP contribution in [0, 0.1) is 23.7 Å². The monoisotopic (exact) mass is 1040 g/mol. The molecule has 412 valence electrons. The van der Waals surface area contributed by atoms with Gasteiger partial charge in [0.2, 0.25) is 0 Å². The van der Waals surface area contributed by atoms with E-state index in [0.29, 0.717) is 31.6 Å². The topological polar surface area (TPSA) is 211 Å². The predicted molar refractivity (Wildman–Crippen MR) is 274 cm³/mol. The number of aliphatic hydroxyl groups is 5. The molecule has 17 nitrogen and oxygen atoms in total. The van der Waals surface area contributed by atoms with Gasteiger partial charge in [0, 0.05) is 70.1 Å². The van der Waals surface area contributed by atoms with E-state index in [1.54, 1.807) is 66.6 Å². The summed E-state index contributed by atoms with van der Waals surface area (Å²) in [5.41, 5.74) is -1.86. The molecule has 4 heterocycles. The van der Waals surface area contributed by atoms with E-state index >= 15 is 0 Å². The number of carbonyl (C=O) groups is 1. The Balaban J connectivity index is 1.45. The van der Waals surface area contributed by atoms with Crippen molar-refractivity contribution in [2.45, 2.75) is 203 Å². The molecule has 0 saturated carbocycles. The van der Waals surface area contributed by atoms with Gasteiger partial charge in [-0.3, -0.25) is 4.79 Å². The van der Waals surface area contributed by atoms with Crippen LogP contribution in [0.2, 0.25) is 0 Å². The first-order valence-corrected chi connectivity index (χ1v) is 27.4. The van der Waals surface area contributed by atoms with Crippen molar-refractivity contribution in [2.24, 2.45) is 23.7 Å². The summed E-state index contributed by atoms with van der Waals surface area (Å²) in [4.78, 5) is 18.6. The van der Waals surface area contributed by atoms with Crippen LogP contribution in [-0.2, 0) is 45.4 Å². The molecule has 5 N–H and O–H groups in total. The van der Waals surface area contributed by atoms with Crippen LogP contribution < -0.4 is 0 Å². The fourth-order valence-electron chi connectivity index (χ4n) is 12.0. The Morgan fingerprint density at radius 1 is 1.00 bits per heavy atom. The Kier molecular flexibility index (Phi) is 21.5. The molecule has 3 fully saturated rings. The molecule has 19 heteroatoms. The molecule has 0 amide bonds. The van der Waals surface area contributed by atoms with Crippen molar-refractivity contribution < 1.29 is 63.1 Å². The first-order chi connectivity index (χ1) is 33.8. The number of carbonyl (C=O) groups excluding carboxylic acids is 1. The van der Waals surface area contributed by atoms with Crippen LogP contribution in [0.15, 0.2) is 30.5 Å². The van der Waals surface area contributed by atoms with E-state index in [-0.39, 0.29) is 31.3 Å². The zero-order valence-corrected chi connectivity index (χ0v) is 46.5. The Hall–Kier alpha value is -2.37. The first kappa shape index (κ1) is 60.5. The fourth-order valence-corrected chi connectivity index (χ4v) is 12.6. The van der Waals surface area contributed by atoms with Crippen LogP contribution in [0.25, 0.3) is 0 Å². The van der Waals surface area contributed by atoms with Gasteiger partial charge in [-0.25, -0.2) is 9.07 Å². The lowest BCUT2D eigenvalue weighted by molar-refractivity contribution is -0.302. The van der Waals surface area contributed by atoms with Gasteiger partial charge in [-0.1, -0.05) is 57.2 Å². The van der Waals surface area contributed by atoms with Crippen molar-refractivity contribution in [3.8, 4) is 0 Å². The van der Waals surface area contributed by atoms with Gasteiger partial charge < -0.3 is 63.8 Å². The van der Waals surface area contributed by atoms with Crippen LogP contribution in [0.1, 0.15) is 124 Å². The number of aromatic nitrogens is 3. The molecule has 0 radical (unpaired) electrons. The minimum Gasteiger partial charge on any atom is -0.459 e. The number of rotatable bonds is 16. The predicted octanol–water partition coefficient (Wildman–Crippen LogP) is 5.14. The van der Waals surface area contributed by atoms with Gasteiger partial charge in [-0.2, -0.15) is 11.8 Å². The summed E-state index contributed by atoms with van der Waals surface area (Å²) in [6, 6.07) is 6.20. The SMILES string of the molecule is CC[C@H]1OC(=O)[C@H](C)[C@@H](C2C[C@@](C)(OC)[C@@H](O)[C@H](C)O2)[C@H](C)[C@@H](O[C@@H]2O[C@H](C)C[C@H](N(C)CCc3cn([C@H](CF)[C@H](OC)c4ccc(CSC)cc4)nn3)[C@H]2O)[C@](C)(O)C[C@@H](C)CN(C)[C@H](C)[C@@H](O)[C@]1(C)O. The van der Waals surface area contributed by atoms with Crippen molar-refractivity contribution in [1.82, 2.24) is 24.8 Å². The smallest absolute Gasteiger partial charge is 0.309 e. The maximum atomic E-state index is 14.8. The minimum absolute atomic E-state index is 0.177. The van der Waals surface area contributed by atoms with Gasteiger partial charge in [0.25, 0.3) is 0 Å². The van der Waals surface area contributed by atoms with Gasteiger partial charge in [0.05, 0.1) is 47.2 Å². The highest BCUT2D eigenvalue weighted by Gasteiger charge is 2.55. The van der Waals surface area contributed by atoms with E-state index in [2.05, 4.69) is 10.3 Å². The molecule has 1 aromatic carbocycles. The Morgan fingerprint density at radius 3 is 2.26 bits per heavy atom. The number of halogens is 1. The highest BCUT2D eigenvalue weighted by atomic mass is 32.2. The van der Waals surface area contributed by atoms with Gasteiger partial charge >= 0.3 is 5.97 Å². The molecular formula is C53H90FN5O12S. The minimum atomic E-state index is -1.83. The molecular weight excluding hydrogens is 950 g/mol. The molecule has 72 heavy (non-hydrogen) atoms. The molecule has 1 aromatic heterocycles. The summed E-state index contributed by atoms with van der Waals surface area (Å²) in [5, 5.41) is 68.9. The van der Waals surface area contributed by atoms with Crippen molar-refractivity contribution >= 4 is 17.7 Å². The molecule has 3 aliphatic heterocycles. The van der Waals surface area contributed by atoms with Crippen molar-refractivity contribution in [3.63, 3.8) is 0 Å². The molecule has 0 bridgehead atoms. The number of thioether (sulfide) groups is 1. The van der Waals surface area contributed by atoms with Crippen LogP contribution in [-0.4, -0.2) is 195 Å². The second kappa shape index (κ2) is 25.6. The van der Waals surface area contributed by atoms with E-state index in [4.69, 9.17) is 28.4 Å². The summed E-state index contributed by atoms with van der Waals surface area (Å²) in [5.74, 6) is -2.35. The number of aliphatic hydroxyl groups excluding tert-OH is 3. The second-order valence-corrected chi connectivity index (χ2v) is 23.1. The molecule has 0 spiro atoms. The Morgan fingerprint density at radius 2 is 1.67 bits per heavy atom. The lowest BCUT2D eigenvalue weighted by atomic mass is 9.68. The summed E-state index contributed by atoms with van der Waals surface area (Å²) in [6.07, 6.45) is -4.00. The Bertz CT molecular complexity index is 1990. The largest absolute Gasteiger partial charge is 0.459 e. The van der Waals surface area contributed by atoms with E-state index in [9.17, 15) is 34.7 Å². The summed E-state index contributed by atoms with van der Waals surface area (Å²) in [6.45, 7) is 18.0. The number of nitrogens with zero attached hydrogens (tertiary/aromatic N) is 5. The standard InChI is InChI=1S/C53H90FN5O12S/c1-16-42-53(10,65)46(61)34(6)58(12)27-30(2)24-51(8,64)48(32(4)43(33(5)49(63)70-42)41-25-52(9,67-14)47(62)35(7)69-41)71-50-44(60)39(23-31(3)68-50)57(11)22-21-38-28-59(56-55-38)40(26-54)45(66-13)37-19-17-36(18-20-37)29-72-15/h17-20,28,30-35,39-48,50,60-62,64-65H,16,21-27,29H2,1-15H3/t30-,31-,32+,33-,34-,35+,39+,40-,41?,42-,43+,44-,45-,46-,47+,48-,50+,51-,52-,53-/m1/s1. The third-order valence-electron chi connectivity index (χ3n) is 16.5. The maximum Gasteiger partial charge on any atom is 0.309 e. The van der Waals surface area contributed by atoms with E-state index in [1.807, 2.05) is 75.2 Å². The van der Waals surface area contributed by atoms with Crippen molar-refractivity contribution in [3.05, 3.63) is 47.3 Å². The number of benzene rings is 1. The third-order valence-corrected chi connectivity index (χ3v) is 17.1. The fraction of sp³-hybridized carbons (Fsp3) is 0.830. The van der Waals surface area contributed by atoms with Gasteiger partial charge in [0.1, 0.15) is 48.8 Å². The molecule has 2 aromatic rings. The number of alkyl halides is 1. The van der Waals surface area contributed by atoms with E-state index in [1.165, 1.54) is 24.3 Å². The summed E-state index contributed by atoms with van der Waals surface area (Å²) in [7, 11) is 6.84. The molecule has 20 atom stereocenters. The average Bonchev–Trinajstić information content (AvgIpc) is 3.81. The highest BCUT2D eigenvalue weighted by Crippen LogP contribution is 2.45. The van der Waals surface area contributed by atoms with E-state index in [0.717, 1.165) is 11.3 Å². The van der Waals surface area contributed by atoms with Crippen LogP contribution >= 0.6 is 11.8 Å². The van der Waals surface area contributed by atoms with Crippen molar-refractivity contribution in [1.29, 1.82) is 0 Å². The Labute approximate surface area is 432 Å². The van der Waals surface area contributed by atoms with Gasteiger partial charge in [-0.15, -0.1) is 5.10 Å². The molecule has 0 aliphatic carbocycles. The molecule has 1 unspecified atom stereocenters. The normalized spacial score (nSPS) is 40.0. The first-order valence-electron chi connectivity index (χ1n) is 26.0. The summed E-state index contributed by atoms with van der Waals surface area (Å²) >= 11 is 1.73. The van der Waals surface area contributed by atoms with Crippen LogP contribution in [0.4, 0.5) is 4.39 Å². The number of hydrogen-bond acceptors (Lipinski definition) is 17. The van der Waals surface area contributed by atoms with Gasteiger partial charge in [0.15, 0.2) is 6.29 Å². The lowest BCUT2D eigenvalue weighted by Crippen LogP contribution is -2.62.